The molecule has 0 saturated carbocycles. The smallest absolute Gasteiger partial charge is 0.0446 e. The van der Waals surface area contributed by atoms with Crippen LogP contribution in [0.5, 0.6) is 0 Å². The number of rotatable bonds is 4. The van der Waals surface area contributed by atoms with E-state index in [1.54, 1.807) is 0 Å². The fraction of sp³-hybridized carbons (Fsp3) is 0.900. The molecule has 1 fully saturated rings. The Kier molecular flexibility index (Phi) is 4.70. The van der Waals surface area contributed by atoms with Crippen molar-refractivity contribution in [1.29, 1.82) is 0 Å². The Bertz CT molecular complexity index is 137. The van der Waals surface area contributed by atoms with E-state index >= 15 is 0 Å². The second-order valence-electron chi connectivity index (χ2n) is 4.11. The van der Waals surface area contributed by atoms with Gasteiger partial charge in [-0.3, -0.25) is 4.90 Å². The number of piperazine rings is 1. The lowest BCUT2D eigenvalue weighted by Gasteiger charge is -2.34. The maximum absolute atomic E-state index is 8.82. The first-order chi connectivity index (χ1) is 6.22. The van der Waals surface area contributed by atoms with Crippen LogP contribution in [0.2, 0.25) is 0 Å². The molecule has 1 unspecified atom stereocenters. The normalized spacial score (nSPS) is 25.4. The molecule has 1 rings (SSSR count). The van der Waals surface area contributed by atoms with Crippen molar-refractivity contribution in [2.75, 3.05) is 32.8 Å². The van der Waals surface area contributed by atoms with E-state index in [0.29, 0.717) is 12.6 Å². The fourth-order valence-electron chi connectivity index (χ4n) is 1.83. The lowest BCUT2D eigenvalue weighted by atomic mass is 10.1. The van der Waals surface area contributed by atoms with E-state index in [9.17, 15) is 0 Å². The Balaban J connectivity index is 2.24. The molecule has 1 aliphatic rings. The molecular weight excluding hydrogens is 164 g/mol. The van der Waals surface area contributed by atoms with Crippen molar-refractivity contribution in [3.63, 3.8) is 0 Å². The van der Waals surface area contributed by atoms with Crippen LogP contribution in [0.25, 0.3) is 0 Å². The van der Waals surface area contributed by atoms with Crippen molar-refractivity contribution < 1.29 is 5.11 Å². The molecule has 2 N–H and O–H groups in total. The molecule has 3 heteroatoms. The van der Waals surface area contributed by atoms with Gasteiger partial charge in [0.2, 0.25) is 0 Å². The Morgan fingerprint density at radius 1 is 1.54 bits per heavy atom. The van der Waals surface area contributed by atoms with Crippen LogP contribution in [-0.2, 0) is 0 Å². The van der Waals surface area contributed by atoms with E-state index in [0.717, 1.165) is 32.6 Å². The standard InChI is InChI=1S/C10H21N2O/c1-9(2)7-12-5-4-11-10(8-12)3-6-13/h10-11,13H,3-8H2,1-2H3. The van der Waals surface area contributed by atoms with Crippen LogP contribution in [0.15, 0.2) is 0 Å². The van der Waals surface area contributed by atoms with E-state index in [-0.39, 0.29) is 0 Å². The van der Waals surface area contributed by atoms with E-state index in [1.807, 2.05) is 0 Å². The number of nitrogens with zero attached hydrogens (tertiary/aromatic N) is 1. The van der Waals surface area contributed by atoms with E-state index in [1.165, 1.54) is 5.92 Å². The number of nitrogens with one attached hydrogen (secondary N) is 1. The largest absolute Gasteiger partial charge is 0.396 e. The molecule has 13 heavy (non-hydrogen) atoms. The van der Waals surface area contributed by atoms with Gasteiger partial charge in [0.15, 0.2) is 0 Å². The summed E-state index contributed by atoms with van der Waals surface area (Å²) < 4.78 is 0. The van der Waals surface area contributed by atoms with Crippen LogP contribution in [0.3, 0.4) is 0 Å². The van der Waals surface area contributed by atoms with Gasteiger partial charge in [-0.15, -0.1) is 0 Å². The van der Waals surface area contributed by atoms with E-state index < -0.39 is 0 Å². The molecule has 0 aromatic heterocycles. The molecule has 1 saturated heterocycles. The van der Waals surface area contributed by atoms with Crippen LogP contribution in [0.4, 0.5) is 0 Å². The molecule has 0 amide bonds. The molecule has 1 aliphatic heterocycles. The minimum absolute atomic E-state index is 0.292. The maximum Gasteiger partial charge on any atom is 0.0446 e. The third-order valence-corrected chi connectivity index (χ3v) is 2.36. The number of aliphatic hydroxyl groups is 1. The molecule has 0 aromatic rings. The second-order valence-corrected chi connectivity index (χ2v) is 4.11. The highest BCUT2D eigenvalue weighted by molar-refractivity contribution is 4.86. The fourth-order valence-corrected chi connectivity index (χ4v) is 1.83. The molecular formula is C10H21N2O. The van der Waals surface area contributed by atoms with Gasteiger partial charge in [0.05, 0.1) is 0 Å². The molecule has 0 aliphatic carbocycles. The first kappa shape index (κ1) is 11.0. The molecule has 0 bridgehead atoms. The van der Waals surface area contributed by atoms with Gasteiger partial charge in [-0.2, -0.15) is 0 Å². The topological polar surface area (TPSA) is 35.5 Å². The van der Waals surface area contributed by atoms with Crippen molar-refractivity contribution in [3.05, 3.63) is 5.92 Å². The number of hydrogen-bond donors (Lipinski definition) is 2. The van der Waals surface area contributed by atoms with Gasteiger partial charge in [0.1, 0.15) is 0 Å². The highest BCUT2D eigenvalue weighted by Crippen LogP contribution is 2.06. The summed E-state index contributed by atoms with van der Waals surface area (Å²) in [5.74, 6) is 1.46. The Morgan fingerprint density at radius 2 is 2.31 bits per heavy atom. The Morgan fingerprint density at radius 3 is 2.92 bits per heavy atom. The average molecular weight is 185 g/mol. The summed E-state index contributed by atoms with van der Waals surface area (Å²) in [6, 6.07) is 0.484. The minimum Gasteiger partial charge on any atom is -0.396 e. The minimum atomic E-state index is 0.292. The summed E-state index contributed by atoms with van der Waals surface area (Å²) in [6.45, 7) is 8.99. The number of hydrogen-bond acceptors (Lipinski definition) is 3. The van der Waals surface area contributed by atoms with Crippen LogP contribution >= 0.6 is 0 Å². The lowest BCUT2D eigenvalue weighted by Crippen LogP contribution is -2.51. The Hall–Kier alpha value is -0.120. The molecule has 0 spiro atoms. The third kappa shape index (κ3) is 4.07. The summed E-state index contributed by atoms with van der Waals surface area (Å²) in [7, 11) is 0. The molecule has 3 nitrogen and oxygen atoms in total. The van der Waals surface area contributed by atoms with Crippen molar-refractivity contribution in [3.8, 4) is 0 Å². The average Bonchev–Trinajstić information content (AvgIpc) is 2.04. The highest BCUT2D eigenvalue weighted by atomic mass is 16.3. The summed E-state index contributed by atoms with van der Waals surface area (Å²) in [5.41, 5.74) is 0. The van der Waals surface area contributed by atoms with Crippen LogP contribution < -0.4 is 5.32 Å². The SMILES string of the molecule is C[C](C)CN1CCNC(CCO)C1. The van der Waals surface area contributed by atoms with Gasteiger partial charge < -0.3 is 10.4 Å². The van der Waals surface area contributed by atoms with Gasteiger partial charge in [-0.1, -0.05) is 13.8 Å². The zero-order valence-electron chi connectivity index (χ0n) is 8.71. The van der Waals surface area contributed by atoms with Crippen molar-refractivity contribution in [1.82, 2.24) is 10.2 Å². The molecule has 1 radical (unpaired) electrons. The van der Waals surface area contributed by atoms with Gasteiger partial charge in [-0.25, -0.2) is 0 Å². The summed E-state index contributed by atoms with van der Waals surface area (Å²) in [4.78, 5) is 2.45. The van der Waals surface area contributed by atoms with Gasteiger partial charge in [0, 0.05) is 38.8 Å². The van der Waals surface area contributed by atoms with Crippen LogP contribution in [0.1, 0.15) is 20.3 Å². The van der Waals surface area contributed by atoms with Gasteiger partial charge in [0.25, 0.3) is 0 Å². The zero-order chi connectivity index (χ0) is 9.68. The maximum atomic E-state index is 8.82. The third-order valence-electron chi connectivity index (χ3n) is 2.36. The molecule has 77 valence electrons. The zero-order valence-corrected chi connectivity index (χ0v) is 8.71. The highest BCUT2D eigenvalue weighted by Gasteiger charge is 2.18. The van der Waals surface area contributed by atoms with Crippen molar-refractivity contribution >= 4 is 0 Å². The van der Waals surface area contributed by atoms with Crippen LogP contribution in [-0.4, -0.2) is 48.8 Å². The predicted octanol–water partition coefficient (Wildman–Crippen LogP) is 0.257. The number of aliphatic hydroxyl groups excluding tert-OH is 1. The molecule has 1 heterocycles. The lowest BCUT2D eigenvalue weighted by molar-refractivity contribution is 0.178. The molecule has 1 atom stereocenters. The van der Waals surface area contributed by atoms with E-state index in [4.69, 9.17) is 5.11 Å². The first-order valence-corrected chi connectivity index (χ1v) is 5.08. The van der Waals surface area contributed by atoms with Crippen molar-refractivity contribution in [2.45, 2.75) is 26.3 Å². The van der Waals surface area contributed by atoms with E-state index in [2.05, 4.69) is 24.1 Å². The second kappa shape index (κ2) is 5.58. The molecule has 0 aromatic carbocycles. The predicted molar refractivity (Wildman–Crippen MR) is 54.5 cm³/mol. The quantitative estimate of drug-likeness (QED) is 0.659. The van der Waals surface area contributed by atoms with Gasteiger partial charge in [-0.05, 0) is 12.3 Å². The van der Waals surface area contributed by atoms with Crippen LogP contribution in [0, 0.1) is 5.92 Å². The Labute approximate surface area is 81.1 Å². The first-order valence-electron chi connectivity index (χ1n) is 5.08. The summed E-state index contributed by atoms with van der Waals surface area (Å²) in [5, 5.41) is 12.2. The summed E-state index contributed by atoms with van der Waals surface area (Å²) >= 11 is 0. The van der Waals surface area contributed by atoms with Crippen molar-refractivity contribution in [2.24, 2.45) is 0 Å². The summed E-state index contributed by atoms with van der Waals surface area (Å²) in [6.07, 6.45) is 0.874. The van der Waals surface area contributed by atoms with Gasteiger partial charge >= 0.3 is 0 Å². The monoisotopic (exact) mass is 185 g/mol.